The van der Waals surface area contributed by atoms with Gasteiger partial charge >= 0.3 is 0 Å². The van der Waals surface area contributed by atoms with Crippen LogP contribution in [0.2, 0.25) is 0 Å². The third-order valence-electron chi connectivity index (χ3n) is 5.30. The van der Waals surface area contributed by atoms with E-state index in [1.165, 1.54) is 23.5 Å². The van der Waals surface area contributed by atoms with Gasteiger partial charge in [0.05, 0.1) is 25.2 Å². The van der Waals surface area contributed by atoms with E-state index in [0.29, 0.717) is 30.2 Å². The minimum Gasteiger partial charge on any atom is -0.497 e. The monoisotopic (exact) mass is 475 g/mol. The lowest BCUT2D eigenvalue weighted by molar-refractivity contribution is -0.118. The Labute approximate surface area is 194 Å². The molecule has 2 N–H and O–H groups in total. The average Bonchev–Trinajstić information content (AvgIpc) is 2.82. The van der Waals surface area contributed by atoms with E-state index < -0.39 is 27.9 Å². The molecule has 1 fully saturated rings. The number of hydrogen-bond donors (Lipinski definition) is 2. The van der Waals surface area contributed by atoms with Crippen molar-refractivity contribution in [2.75, 3.05) is 38.7 Å². The molecule has 0 aliphatic carbocycles. The molecule has 2 amide bonds. The number of carbonyl (C=O) groups excluding carboxylic acids is 2. The lowest BCUT2D eigenvalue weighted by atomic mass is 10.0. The van der Waals surface area contributed by atoms with Crippen LogP contribution in [0.4, 0.5) is 5.69 Å². The average molecular weight is 476 g/mol. The topological polar surface area (TPSA) is 114 Å². The summed E-state index contributed by atoms with van der Waals surface area (Å²) in [5, 5.41) is 5.49. The molecular formula is C23H29N3O6S. The van der Waals surface area contributed by atoms with Crippen LogP contribution < -0.4 is 15.4 Å². The van der Waals surface area contributed by atoms with Gasteiger partial charge in [-0.2, -0.15) is 4.31 Å². The predicted molar refractivity (Wildman–Crippen MR) is 124 cm³/mol. The first-order valence-electron chi connectivity index (χ1n) is 10.7. The van der Waals surface area contributed by atoms with Crippen molar-refractivity contribution >= 4 is 27.5 Å². The van der Waals surface area contributed by atoms with Crippen LogP contribution in [0.1, 0.15) is 24.2 Å². The molecule has 1 aliphatic rings. The van der Waals surface area contributed by atoms with E-state index in [1.807, 2.05) is 13.8 Å². The molecule has 3 rings (SSSR count). The molecule has 178 valence electrons. The fourth-order valence-corrected chi connectivity index (χ4v) is 4.85. The Morgan fingerprint density at radius 3 is 2.33 bits per heavy atom. The second-order valence-corrected chi connectivity index (χ2v) is 9.90. The summed E-state index contributed by atoms with van der Waals surface area (Å²) in [4.78, 5) is 25.7. The van der Waals surface area contributed by atoms with Crippen molar-refractivity contribution in [3.8, 4) is 5.75 Å². The molecule has 33 heavy (non-hydrogen) atoms. The van der Waals surface area contributed by atoms with Gasteiger partial charge in [-0.15, -0.1) is 0 Å². The number of amides is 2. The van der Waals surface area contributed by atoms with Gasteiger partial charge in [0.1, 0.15) is 11.8 Å². The van der Waals surface area contributed by atoms with Crippen molar-refractivity contribution in [2.45, 2.75) is 24.8 Å². The third-order valence-corrected chi connectivity index (χ3v) is 7.19. The number of ether oxygens (including phenoxy) is 2. The number of benzene rings is 2. The normalized spacial score (nSPS) is 15.6. The molecule has 1 atom stereocenters. The van der Waals surface area contributed by atoms with Gasteiger partial charge in [0.15, 0.2) is 0 Å². The minimum absolute atomic E-state index is 0.0885. The predicted octanol–water partition coefficient (Wildman–Crippen LogP) is 2.11. The Hall–Kier alpha value is -2.95. The highest BCUT2D eigenvalue weighted by Crippen LogP contribution is 2.21. The minimum atomic E-state index is -3.70. The maximum atomic E-state index is 13.0. The van der Waals surface area contributed by atoms with Gasteiger partial charge in [0.2, 0.25) is 15.9 Å². The lowest BCUT2D eigenvalue weighted by Gasteiger charge is -2.26. The van der Waals surface area contributed by atoms with Crippen LogP contribution in [0.3, 0.4) is 0 Å². The van der Waals surface area contributed by atoms with Crippen LogP contribution in [-0.4, -0.2) is 64.0 Å². The highest BCUT2D eigenvalue weighted by Gasteiger charge is 2.28. The van der Waals surface area contributed by atoms with E-state index in [0.717, 1.165) is 0 Å². The largest absolute Gasteiger partial charge is 0.497 e. The zero-order chi connectivity index (χ0) is 24.0. The van der Waals surface area contributed by atoms with Crippen molar-refractivity contribution in [1.82, 2.24) is 9.62 Å². The van der Waals surface area contributed by atoms with Gasteiger partial charge in [0, 0.05) is 24.3 Å². The summed E-state index contributed by atoms with van der Waals surface area (Å²) in [6.07, 6.45) is 0. The van der Waals surface area contributed by atoms with Crippen LogP contribution in [-0.2, 0) is 19.6 Å². The maximum absolute atomic E-state index is 13.0. The van der Waals surface area contributed by atoms with Gasteiger partial charge in [-0.05, 0) is 48.4 Å². The molecule has 0 unspecified atom stereocenters. The first kappa shape index (κ1) is 24.7. The van der Waals surface area contributed by atoms with Gasteiger partial charge in [0.25, 0.3) is 5.91 Å². The summed E-state index contributed by atoms with van der Waals surface area (Å²) in [7, 11) is -2.16. The zero-order valence-corrected chi connectivity index (χ0v) is 19.7. The number of nitrogens with one attached hydrogen (secondary N) is 2. The summed E-state index contributed by atoms with van der Waals surface area (Å²) in [5.74, 6) is -0.410. The lowest BCUT2D eigenvalue weighted by Crippen LogP contribution is -2.47. The van der Waals surface area contributed by atoms with Crippen molar-refractivity contribution < 1.29 is 27.5 Å². The molecule has 1 saturated heterocycles. The number of nitrogens with zero attached hydrogens (tertiary/aromatic N) is 1. The molecule has 9 nitrogen and oxygen atoms in total. The summed E-state index contributed by atoms with van der Waals surface area (Å²) in [6.45, 7) is 4.90. The highest BCUT2D eigenvalue weighted by molar-refractivity contribution is 7.89. The molecule has 0 saturated carbocycles. The van der Waals surface area contributed by atoms with E-state index in [1.54, 1.807) is 36.4 Å². The van der Waals surface area contributed by atoms with Crippen LogP contribution in [0.15, 0.2) is 53.4 Å². The third kappa shape index (κ3) is 6.10. The maximum Gasteiger partial charge on any atom is 0.251 e. The van der Waals surface area contributed by atoms with Crippen molar-refractivity contribution in [3.63, 3.8) is 0 Å². The second-order valence-electron chi connectivity index (χ2n) is 7.96. The van der Waals surface area contributed by atoms with Crippen molar-refractivity contribution in [2.24, 2.45) is 5.92 Å². The molecule has 2 aromatic carbocycles. The Morgan fingerprint density at radius 1 is 1.06 bits per heavy atom. The van der Waals surface area contributed by atoms with E-state index in [-0.39, 0.29) is 23.9 Å². The summed E-state index contributed by atoms with van der Waals surface area (Å²) >= 11 is 0. The van der Waals surface area contributed by atoms with E-state index in [9.17, 15) is 18.0 Å². The number of rotatable bonds is 8. The molecule has 2 aromatic rings. The molecule has 0 aromatic heterocycles. The van der Waals surface area contributed by atoms with Crippen molar-refractivity contribution in [1.29, 1.82) is 0 Å². The molecule has 0 bridgehead atoms. The molecule has 1 aliphatic heterocycles. The van der Waals surface area contributed by atoms with E-state index in [2.05, 4.69) is 10.6 Å². The Balaban J connectivity index is 1.72. The molecule has 0 radical (unpaired) electrons. The van der Waals surface area contributed by atoms with Crippen LogP contribution >= 0.6 is 0 Å². The Morgan fingerprint density at radius 2 is 1.73 bits per heavy atom. The summed E-state index contributed by atoms with van der Waals surface area (Å²) in [5.41, 5.74) is 0.728. The molecular weight excluding hydrogens is 446 g/mol. The van der Waals surface area contributed by atoms with E-state index >= 15 is 0 Å². The number of anilines is 1. The number of sulfonamides is 1. The number of methoxy groups -OCH3 is 1. The standard InChI is InChI=1S/C23H29N3O6S/c1-16(2)21(25-22(27)17-7-9-19(31-3)10-8-17)23(28)24-18-5-4-6-20(15-18)33(29,30)26-11-13-32-14-12-26/h4-10,15-16,21H,11-14H2,1-3H3,(H,24,28)(H,25,27)/t21-/m1/s1. The van der Waals surface area contributed by atoms with Gasteiger partial charge < -0.3 is 20.1 Å². The quantitative estimate of drug-likeness (QED) is 0.605. The van der Waals surface area contributed by atoms with Gasteiger partial charge in [-0.1, -0.05) is 19.9 Å². The highest BCUT2D eigenvalue weighted by atomic mass is 32.2. The van der Waals surface area contributed by atoms with E-state index in [4.69, 9.17) is 9.47 Å². The smallest absolute Gasteiger partial charge is 0.251 e. The number of hydrogen-bond acceptors (Lipinski definition) is 6. The van der Waals surface area contributed by atoms with Crippen LogP contribution in [0, 0.1) is 5.92 Å². The summed E-state index contributed by atoms with van der Waals surface area (Å²) in [6, 6.07) is 11.8. The fraction of sp³-hybridized carbons (Fsp3) is 0.391. The van der Waals surface area contributed by atoms with Gasteiger partial charge in [-0.25, -0.2) is 8.42 Å². The number of morpholine rings is 1. The van der Waals surface area contributed by atoms with Gasteiger partial charge in [-0.3, -0.25) is 9.59 Å². The first-order valence-corrected chi connectivity index (χ1v) is 12.1. The Kier molecular flexibility index (Phi) is 8.06. The molecule has 0 spiro atoms. The zero-order valence-electron chi connectivity index (χ0n) is 18.9. The van der Waals surface area contributed by atoms with Crippen molar-refractivity contribution in [3.05, 3.63) is 54.1 Å². The summed E-state index contributed by atoms with van der Waals surface area (Å²) < 4.78 is 37.5. The molecule has 1 heterocycles. The van der Waals surface area contributed by atoms with Crippen LogP contribution in [0.25, 0.3) is 0 Å². The Bertz CT molecular complexity index is 1080. The second kappa shape index (κ2) is 10.8. The number of carbonyl (C=O) groups is 2. The molecule has 10 heteroatoms. The van der Waals surface area contributed by atoms with Crippen LogP contribution in [0.5, 0.6) is 5.75 Å². The fourth-order valence-electron chi connectivity index (χ4n) is 3.39. The first-order chi connectivity index (χ1) is 15.7. The SMILES string of the molecule is COc1ccc(C(=O)N[C@@H](C(=O)Nc2cccc(S(=O)(=O)N3CCOCC3)c2)C(C)C)cc1.